The zero-order valence-corrected chi connectivity index (χ0v) is 18.6. The van der Waals surface area contributed by atoms with E-state index in [2.05, 4.69) is 0 Å². The molecule has 8 nitrogen and oxygen atoms in total. The van der Waals surface area contributed by atoms with Crippen LogP contribution in [0.4, 0.5) is 11.4 Å². The van der Waals surface area contributed by atoms with Gasteiger partial charge in [0, 0.05) is 24.9 Å². The van der Waals surface area contributed by atoms with E-state index < -0.39 is 5.41 Å². The molecule has 1 spiro atoms. The van der Waals surface area contributed by atoms with E-state index in [4.69, 9.17) is 25.8 Å². The molecule has 0 fully saturated rings. The number of allylic oxidation sites excluding steroid dienone is 4. The lowest BCUT2D eigenvalue weighted by atomic mass is 9.74. The number of hydrazine groups is 1. The second kappa shape index (κ2) is 7.90. The number of ether oxygens (including phenoxy) is 3. The van der Waals surface area contributed by atoms with Crippen molar-refractivity contribution < 1.29 is 19.0 Å². The molecule has 8 heteroatoms. The number of carbonyl (C=O) groups excluding carboxylic acids is 1. The summed E-state index contributed by atoms with van der Waals surface area (Å²) >= 11 is 0. The summed E-state index contributed by atoms with van der Waals surface area (Å²) in [5.41, 5.74) is 8.90. The fourth-order valence-corrected chi connectivity index (χ4v) is 4.50. The van der Waals surface area contributed by atoms with Crippen molar-refractivity contribution in [1.82, 2.24) is 4.90 Å². The van der Waals surface area contributed by atoms with Gasteiger partial charge < -0.3 is 29.9 Å². The average molecular weight is 447 g/mol. The summed E-state index contributed by atoms with van der Waals surface area (Å²) in [6, 6.07) is 9.27. The van der Waals surface area contributed by atoms with Crippen molar-refractivity contribution in [3.63, 3.8) is 0 Å². The van der Waals surface area contributed by atoms with Crippen LogP contribution in [-0.4, -0.2) is 31.3 Å². The summed E-state index contributed by atoms with van der Waals surface area (Å²) in [5, 5.41) is 1.47. The zero-order valence-electron chi connectivity index (χ0n) is 18.6. The van der Waals surface area contributed by atoms with Gasteiger partial charge in [0.05, 0.1) is 17.9 Å². The molecule has 4 N–H and O–H groups in total. The van der Waals surface area contributed by atoms with E-state index in [1.165, 1.54) is 5.01 Å². The highest BCUT2D eigenvalue weighted by atomic mass is 16.7. The third-order valence-electron chi connectivity index (χ3n) is 6.34. The molecule has 170 valence electrons. The standard InChI is InChI=1S/C25H26N4O4/c1-16-6-4-3-5-9-29(13-17-7-8-19(26)20(10-17)28(2)27)24(30)25(16)14-31-21-12-23-22(11-18(21)25)32-15-33-23/h3-12H,13-15,26-27H2,1-2H3/b4-3-,9-5+,16-6+. The van der Waals surface area contributed by atoms with Crippen LogP contribution in [0.1, 0.15) is 18.1 Å². The largest absolute Gasteiger partial charge is 0.491 e. The van der Waals surface area contributed by atoms with Crippen LogP contribution >= 0.6 is 0 Å². The van der Waals surface area contributed by atoms with Gasteiger partial charge >= 0.3 is 0 Å². The van der Waals surface area contributed by atoms with Crippen molar-refractivity contribution in [2.45, 2.75) is 18.9 Å². The maximum absolute atomic E-state index is 14.2. The van der Waals surface area contributed by atoms with E-state index in [1.54, 1.807) is 30.3 Å². The molecule has 1 atom stereocenters. The minimum Gasteiger partial charge on any atom is -0.491 e. The van der Waals surface area contributed by atoms with Crippen molar-refractivity contribution in [1.29, 1.82) is 0 Å². The van der Waals surface area contributed by atoms with Gasteiger partial charge in [-0.05, 0) is 42.3 Å². The van der Waals surface area contributed by atoms with Crippen molar-refractivity contribution in [2.75, 3.05) is 31.2 Å². The first-order chi connectivity index (χ1) is 15.9. The van der Waals surface area contributed by atoms with Gasteiger partial charge in [0.2, 0.25) is 12.7 Å². The second-order valence-electron chi connectivity index (χ2n) is 8.41. The number of amides is 1. The first-order valence-corrected chi connectivity index (χ1v) is 10.7. The van der Waals surface area contributed by atoms with Gasteiger partial charge in [-0.2, -0.15) is 0 Å². The van der Waals surface area contributed by atoms with Crippen LogP contribution in [0.15, 0.2) is 66.4 Å². The van der Waals surface area contributed by atoms with Crippen LogP contribution in [0.3, 0.4) is 0 Å². The Morgan fingerprint density at radius 3 is 2.64 bits per heavy atom. The predicted octanol–water partition coefficient (Wildman–Crippen LogP) is 3.00. The number of nitrogens with zero attached hydrogens (tertiary/aromatic N) is 2. The lowest BCUT2D eigenvalue weighted by Crippen LogP contribution is -2.46. The third-order valence-corrected chi connectivity index (χ3v) is 6.34. The van der Waals surface area contributed by atoms with Crippen LogP contribution in [0.2, 0.25) is 0 Å². The smallest absolute Gasteiger partial charge is 0.245 e. The predicted molar refractivity (Wildman–Crippen MR) is 126 cm³/mol. The van der Waals surface area contributed by atoms with E-state index in [1.807, 2.05) is 49.4 Å². The maximum Gasteiger partial charge on any atom is 0.245 e. The molecule has 3 aliphatic heterocycles. The highest BCUT2D eigenvalue weighted by Gasteiger charge is 2.51. The van der Waals surface area contributed by atoms with E-state index >= 15 is 0 Å². The van der Waals surface area contributed by atoms with Crippen molar-refractivity contribution in [2.24, 2.45) is 5.84 Å². The fourth-order valence-electron chi connectivity index (χ4n) is 4.50. The Morgan fingerprint density at radius 1 is 1.06 bits per heavy atom. The molecule has 0 bridgehead atoms. The summed E-state index contributed by atoms with van der Waals surface area (Å²) in [7, 11) is 1.73. The molecule has 2 aromatic rings. The SMILES string of the molecule is C\C1=C/C=C\C=C\N(Cc2ccc(N)c(N(C)N)c2)C(=O)C12COc1cc3c(cc12)OCO3. The normalized spacial score (nSPS) is 24.3. The topological polar surface area (TPSA) is 103 Å². The summed E-state index contributed by atoms with van der Waals surface area (Å²) < 4.78 is 17.1. The molecule has 33 heavy (non-hydrogen) atoms. The molecule has 0 radical (unpaired) electrons. The summed E-state index contributed by atoms with van der Waals surface area (Å²) in [5.74, 6) is 7.71. The van der Waals surface area contributed by atoms with Crippen molar-refractivity contribution in [3.8, 4) is 17.2 Å². The van der Waals surface area contributed by atoms with Crippen LogP contribution in [0.25, 0.3) is 0 Å². The number of fused-ring (bicyclic) bond motifs is 3. The number of rotatable bonds is 3. The number of nitrogen functional groups attached to an aromatic ring is 1. The third kappa shape index (κ3) is 3.39. The van der Waals surface area contributed by atoms with Gasteiger partial charge in [-0.15, -0.1) is 0 Å². The van der Waals surface area contributed by atoms with E-state index in [9.17, 15) is 4.79 Å². The maximum atomic E-state index is 14.2. The Hall–Kier alpha value is -3.91. The van der Waals surface area contributed by atoms with Crippen molar-refractivity contribution >= 4 is 17.3 Å². The lowest BCUT2D eigenvalue weighted by molar-refractivity contribution is -0.134. The molecular weight excluding hydrogens is 420 g/mol. The quantitative estimate of drug-likeness (QED) is 0.424. The molecule has 1 unspecified atom stereocenters. The molecular formula is C25H26N4O4. The summed E-state index contributed by atoms with van der Waals surface area (Å²) in [6.45, 7) is 2.66. The first-order valence-electron chi connectivity index (χ1n) is 10.7. The monoisotopic (exact) mass is 446 g/mol. The van der Waals surface area contributed by atoms with E-state index in [-0.39, 0.29) is 19.3 Å². The van der Waals surface area contributed by atoms with Gasteiger partial charge in [-0.1, -0.05) is 24.3 Å². The highest BCUT2D eigenvalue weighted by Crippen LogP contribution is 2.50. The molecule has 5 rings (SSSR count). The van der Waals surface area contributed by atoms with Crippen LogP contribution in [-0.2, 0) is 16.8 Å². The van der Waals surface area contributed by atoms with Crippen LogP contribution in [0.5, 0.6) is 17.2 Å². The molecule has 0 aliphatic carbocycles. The Kier molecular flexibility index (Phi) is 5.02. The van der Waals surface area contributed by atoms with Gasteiger partial charge in [0.1, 0.15) is 17.8 Å². The summed E-state index contributed by atoms with van der Waals surface area (Å²) in [6.07, 6.45) is 9.44. The highest BCUT2D eigenvalue weighted by molar-refractivity contribution is 5.95. The Balaban J connectivity index is 1.58. The number of hydrogen-bond donors (Lipinski definition) is 2. The Morgan fingerprint density at radius 2 is 1.85 bits per heavy atom. The second-order valence-corrected chi connectivity index (χ2v) is 8.41. The number of nitrogens with two attached hydrogens (primary N) is 2. The lowest BCUT2D eigenvalue weighted by Gasteiger charge is -2.33. The van der Waals surface area contributed by atoms with E-state index in [0.29, 0.717) is 35.2 Å². The number of anilines is 2. The number of hydrogen-bond acceptors (Lipinski definition) is 7. The van der Waals surface area contributed by atoms with Gasteiger partial charge in [0.15, 0.2) is 11.5 Å². The molecule has 1 amide bonds. The average Bonchev–Trinajstić information content (AvgIpc) is 3.41. The van der Waals surface area contributed by atoms with Gasteiger partial charge in [0.25, 0.3) is 0 Å². The zero-order chi connectivity index (χ0) is 23.2. The van der Waals surface area contributed by atoms with Crippen molar-refractivity contribution in [3.05, 3.63) is 77.5 Å². The number of benzene rings is 2. The van der Waals surface area contributed by atoms with Crippen LogP contribution in [0, 0.1) is 0 Å². The molecule has 3 aliphatic rings. The molecule has 3 heterocycles. The minimum absolute atomic E-state index is 0.0895. The van der Waals surface area contributed by atoms with Crippen LogP contribution < -0.4 is 30.8 Å². The van der Waals surface area contributed by atoms with Gasteiger partial charge in [-0.25, -0.2) is 5.84 Å². The molecule has 0 saturated carbocycles. The fraction of sp³-hybridized carbons (Fsp3) is 0.240. The first kappa shape index (κ1) is 21.0. The van der Waals surface area contributed by atoms with E-state index in [0.717, 1.165) is 16.7 Å². The Bertz CT molecular complexity index is 1220. The minimum atomic E-state index is -0.989. The molecule has 0 aromatic heterocycles. The Labute approximate surface area is 192 Å². The number of carbonyl (C=O) groups is 1. The summed E-state index contributed by atoms with van der Waals surface area (Å²) in [4.78, 5) is 15.9. The molecule has 2 aromatic carbocycles. The van der Waals surface area contributed by atoms with Gasteiger partial charge in [-0.3, -0.25) is 4.79 Å². The molecule has 0 saturated heterocycles.